The first-order valence-electron chi connectivity index (χ1n) is 5.93. The molecule has 0 heterocycles. The Balaban J connectivity index is 2.49. The third-order valence-electron chi connectivity index (χ3n) is 2.86. The number of benzene rings is 2. The molecule has 0 atom stereocenters. The molecule has 22 heavy (non-hydrogen) atoms. The quantitative estimate of drug-likeness (QED) is 0.658. The lowest BCUT2D eigenvalue weighted by Gasteiger charge is -2.12. The van der Waals surface area contributed by atoms with Gasteiger partial charge in [-0.25, -0.2) is 8.42 Å². The Kier molecular flexibility index (Phi) is 4.60. The molecule has 2 rings (SSSR count). The molecule has 0 spiro atoms. The Labute approximate surface area is 136 Å². The number of nitro groups is 1. The van der Waals surface area contributed by atoms with Gasteiger partial charge in [0.05, 0.1) is 15.6 Å². The van der Waals surface area contributed by atoms with Crippen molar-refractivity contribution in [3.05, 3.63) is 62.1 Å². The third kappa shape index (κ3) is 3.49. The van der Waals surface area contributed by atoms with Crippen LogP contribution in [0.4, 0.5) is 11.4 Å². The molecule has 0 unspecified atom stereocenters. The van der Waals surface area contributed by atoms with Gasteiger partial charge in [0.25, 0.3) is 15.7 Å². The third-order valence-corrected chi connectivity index (χ3v) is 4.94. The van der Waals surface area contributed by atoms with Crippen LogP contribution in [0.2, 0.25) is 10.0 Å². The predicted octanol–water partition coefficient (Wildman–Crippen LogP) is 4.01. The van der Waals surface area contributed by atoms with Crippen LogP contribution >= 0.6 is 23.2 Å². The zero-order valence-electron chi connectivity index (χ0n) is 11.2. The van der Waals surface area contributed by atoms with E-state index in [1.807, 2.05) is 0 Å². The van der Waals surface area contributed by atoms with Crippen molar-refractivity contribution in [2.45, 2.75) is 11.8 Å². The van der Waals surface area contributed by atoms with Crippen molar-refractivity contribution in [3.63, 3.8) is 0 Å². The maximum atomic E-state index is 12.4. The SMILES string of the molecule is Cc1ccc(Cl)cc1NS(=O)(=O)c1cc([N+](=O)[O-])ccc1Cl. The molecule has 0 radical (unpaired) electrons. The number of anilines is 1. The number of halogens is 2. The summed E-state index contributed by atoms with van der Waals surface area (Å²) in [7, 11) is -4.08. The van der Waals surface area contributed by atoms with Crippen molar-refractivity contribution >= 4 is 44.6 Å². The number of hydrogen-bond donors (Lipinski definition) is 1. The molecule has 2 aromatic rings. The molecule has 2 aromatic carbocycles. The fourth-order valence-corrected chi connectivity index (χ4v) is 3.53. The van der Waals surface area contributed by atoms with Crippen molar-refractivity contribution in [2.24, 2.45) is 0 Å². The molecule has 0 aliphatic carbocycles. The monoisotopic (exact) mass is 360 g/mol. The lowest BCUT2D eigenvalue weighted by atomic mass is 10.2. The molecular weight excluding hydrogens is 351 g/mol. The molecule has 0 saturated heterocycles. The normalized spacial score (nSPS) is 11.2. The highest BCUT2D eigenvalue weighted by atomic mass is 35.5. The van der Waals surface area contributed by atoms with Crippen molar-refractivity contribution in [3.8, 4) is 0 Å². The minimum absolute atomic E-state index is 0.113. The zero-order valence-corrected chi connectivity index (χ0v) is 13.5. The highest BCUT2D eigenvalue weighted by Crippen LogP contribution is 2.29. The standard InChI is InChI=1S/C13H10Cl2N2O4S/c1-8-2-3-9(14)6-12(8)16-22(20,21)13-7-10(17(18)19)4-5-11(13)15/h2-7,16H,1H3. The summed E-state index contributed by atoms with van der Waals surface area (Å²) in [6.45, 7) is 1.70. The highest BCUT2D eigenvalue weighted by Gasteiger charge is 2.22. The lowest BCUT2D eigenvalue weighted by Crippen LogP contribution is -2.14. The number of nitro benzene ring substituents is 1. The smallest absolute Gasteiger partial charge is 0.270 e. The maximum Gasteiger partial charge on any atom is 0.270 e. The van der Waals surface area contributed by atoms with Gasteiger partial charge in [-0.05, 0) is 30.7 Å². The zero-order chi connectivity index (χ0) is 16.5. The van der Waals surface area contributed by atoms with Crippen LogP contribution in [0.3, 0.4) is 0 Å². The van der Waals surface area contributed by atoms with Crippen molar-refractivity contribution < 1.29 is 13.3 Å². The van der Waals surface area contributed by atoms with E-state index in [9.17, 15) is 18.5 Å². The molecule has 116 valence electrons. The number of sulfonamides is 1. The highest BCUT2D eigenvalue weighted by molar-refractivity contribution is 7.92. The number of aryl methyl sites for hydroxylation is 1. The van der Waals surface area contributed by atoms with Crippen LogP contribution in [-0.4, -0.2) is 13.3 Å². The fraction of sp³-hybridized carbons (Fsp3) is 0.0769. The van der Waals surface area contributed by atoms with E-state index >= 15 is 0 Å². The van der Waals surface area contributed by atoms with Crippen molar-refractivity contribution in [1.82, 2.24) is 0 Å². The van der Waals surface area contributed by atoms with E-state index in [-0.39, 0.29) is 21.3 Å². The van der Waals surface area contributed by atoms with Gasteiger partial charge in [-0.2, -0.15) is 0 Å². The lowest BCUT2D eigenvalue weighted by molar-refractivity contribution is -0.385. The maximum absolute atomic E-state index is 12.4. The molecule has 1 N–H and O–H groups in total. The second-order valence-electron chi connectivity index (χ2n) is 4.44. The Morgan fingerprint density at radius 1 is 1.14 bits per heavy atom. The van der Waals surface area contributed by atoms with Gasteiger partial charge in [-0.1, -0.05) is 29.3 Å². The van der Waals surface area contributed by atoms with E-state index in [0.29, 0.717) is 10.6 Å². The number of nitrogens with zero attached hydrogens (tertiary/aromatic N) is 1. The summed E-state index contributed by atoms with van der Waals surface area (Å²) in [6, 6.07) is 7.92. The van der Waals surface area contributed by atoms with Gasteiger partial charge in [0.15, 0.2) is 0 Å². The summed E-state index contributed by atoms with van der Waals surface area (Å²) in [5.74, 6) is 0. The molecule has 0 bridgehead atoms. The minimum Gasteiger partial charge on any atom is -0.279 e. The average molecular weight is 361 g/mol. The van der Waals surface area contributed by atoms with E-state index in [2.05, 4.69) is 4.72 Å². The Morgan fingerprint density at radius 3 is 2.45 bits per heavy atom. The van der Waals surface area contributed by atoms with E-state index in [0.717, 1.165) is 12.1 Å². The van der Waals surface area contributed by atoms with Crippen LogP contribution in [0.25, 0.3) is 0 Å². The second-order valence-corrected chi connectivity index (χ2v) is 6.93. The van der Waals surface area contributed by atoms with E-state index in [1.165, 1.54) is 12.1 Å². The Hall–Kier alpha value is -1.83. The van der Waals surface area contributed by atoms with Crippen molar-refractivity contribution in [2.75, 3.05) is 4.72 Å². The van der Waals surface area contributed by atoms with Crippen LogP contribution in [0.5, 0.6) is 0 Å². The van der Waals surface area contributed by atoms with Gasteiger partial charge in [-0.15, -0.1) is 0 Å². The molecule has 0 aliphatic rings. The number of hydrogen-bond acceptors (Lipinski definition) is 4. The minimum atomic E-state index is -4.08. The van der Waals surface area contributed by atoms with Gasteiger partial charge in [0.2, 0.25) is 0 Å². The predicted molar refractivity (Wildman–Crippen MR) is 85.1 cm³/mol. The first-order chi connectivity index (χ1) is 10.2. The second kappa shape index (κ2) is 6.12. The van der Waals surface area contributed by atoms with E-state index in [1.54, 1.807) is 19.1 Å². The summed E-state index contributed by atoms with van der Waals surface area (Å²) in [5.41, 5.74) is 0.553. The van der Waals surface area contributed by atoms with Crippen LogP contribution in [0, 0.1) is 17.0 Å². The first-order valence-corrected chi connectivity index (χ1v) is 8.17. The van der Waals surface area contributed by atoms with Crippen LogP contribution in [0.15, 0.2) is 41.3 Å². The van der Waals surface area contributed by atoms with Gasteiger partial charge >= 0.3 is 0 Å². The molecular formula is C13H10Cl2N2O4S. The van der Waals surface area contributed by atoms with Gasteiger partial charge in [-0.3, -0.25) is 14.8 Å². The van der Waals surface area contributed by atoms with Crippen LogP contribution < -0.4 is 4.72 Å². The summed E-state index contributed by atoms with van der Waals surface area (Å²) in [6.07, 6.45) is 0. The van der Waals surface area contributed by atoms with Gasteiger partial charge < -0.3 is 0 Å². The summed E-state index contributed by atoms with van der Waals surface area (Å²) < 4.78 is 27.1. The number of rotatable bonds is 4. The summed E-state index contributed by atoms with van der Waals surface area (Å²) in [5, 5.41) is 11.0. The largest absolute Gasteiger partial charge is 0.279 e. The molecule has 0 aromatic heterocycles. The van der Waals surface area contributed by atoms with Crippen LogP contribution in [-0.2, 0) is 10.0 Å². The molecule has 0 fully saturated rings. The first kappa shape index (κ1) is 16.5. The molecule has 6 nitrogen and oxygen atoms in total. The Morgan fingerprint density at radius 2 is 1.82 bits per heavy atom. The summed E-state index contributed by atoms with van der Waals surface area (Å²) >= 11 is 11.7. The molecule has 9 heteroatoms. The molecule has 0 amide bonds. The van der Waals surface area contributed by atoms with E-state index < -0.39 is 14.9 Å². The Bertz CT molecular complexity index is 853. The van der Waals surface area contributed by atoms with Gasteiger partial charge in [0.1, 0.15) is 4.90 Å². The molecule has 0 aliphatic heterocycles. The van der Waals surface area contributed by atoms with Gasteiger partial charge in [0, 0.05) is 17.2 Å². The molecule has 0 saturated carbocycles. The average Bonchev–Trinajstić information content (AvgIpc) is 2.42. The van der Waals surface area contributed by atoms with E-state index in [4.69, 9.17) is 23.2 Å². The topological polar surface area (TPSA) is 89.3 Å². The fourth-order valence-electron chi connectivity index (χ4n) is 1.72. The number of nitrogens with one attached hydrogen (secondary N) is 1. The van der Waals surface area contributed by atoms with Crippen molar-refractivity contribution in [1.29, 1.82) is 0 Å². The number of non-ortho nitro benzene ring substituents is 1. The summed E-state index contributed by atoms with van der Waals surface area (Å²) in [4.78, 5) is 9.71. The van der Waals surface area contributed by atoms with Crippen LogP contribution in [0.1, 0.15) is 5.56 Å².